The van der Waals surface area contributed by atoms with Gasteiger partial charge in [0, 0.05) is 24.0 Å². The number of aromatic nitrogens is 1. The Morgan fingerprint density at radius 2 is 2.21 bits per heavy atom. The van der Waals surface area contributed by atoms with Crippen molar-refractivity contribution in [1.82, 2.24) is 10.3 Å². The van der Waals surface area contributed by atoms with E-state index in [1.54, 1.807) is 11.3 Å². The maximum Gasteiger partial charge on any atom is 0.0965 e. The highest BCUT2D eigenvalue weighted by atomic mass is 32.1. The lowest BCUT2D eigenvalue weighted by atomic mass is 10.1. The first-order valence-corrected chi connectivity index (χ1v) is 6.18. The van der Waals surface area contributed by atoms with Gasteiger partial charge in [-0.25, -0.2) is 4.98 Å². The normalized spacial score (nSPS) is 13.4. The molecule has 0 saturated heterocycles. The molecule has 0 radical (unpaired) electrons. The maximum atomic E-state index is 4.31. The van der Waals surface area contributed by atoms with E-state index in [2.05, 4.69) is 31.1 Å². The Kier molecular flexibility index (Phi) is 5.12. The third kappa shape index (κ3) is 4.20. The van der Waals surface area contributed by atoms with Crippen LogP contribution >= 0.6 is 11.3 Å². The zero-order valence-electron chi connectivity index (χ0n) is 9.29. The van der Waals surface area contributed by atoms with Crippen molar-refractivity contribution in [3.63, 3.8) is 0 Å². The van der Waals surface area contributed by atoms with Crippen molar-refractivity contribution in [2.45, 2.75) is 33.1 Å². The zero-order chi connectivity index (χ0) is 10.4. The molecule has 0 spiro atoms. The highest BCUT2D eigenvalue weighted by molar-refractivity contribution is 7.09. The second-order valence-electron chi connectivity index (χ2n) is 4.16. The molecule has 1 rings (SSSR count). The summed E-state index contributed by atoms with van der Waals surface area (Å²) in [6, 6.07) is 0. The molecule has 0 saturated carbocycles. The Morgan fingerprint density at radius 3 is 2.79 bits per heavy atom. The molecule has 1 atom stereocenters. The fourth-order valence-corrected chi connectivity index (χ4v) is 1.97. The summed E-state index contributed by atoms with van der Waals surface area (Å²) in [6.07, 6.45) is 3.13. The van der Waals surface area contributed by atoms with Crippen molar-refractivity contribution < 1.29 is 0 Å². The van der Waals surface area contributed by atoms with Crippen LogP contribution in [0.25, 0.3) is 0 Å². The van der Waals surface area contributed by atoms with Crippen molar-refractivity contribution >= 4 is 11.3 Å². The van der Waals surface area contributed by atoms with Crippen LogP contribution in [0.5, 0.6) is 0 Å². The van der Waals surface area contributed by atoms with Gasteiger partial charge in [-0.2, -0.15) is 0 Å². The number of rotatable bonds is 6. The Morgan fingerprint density at radius 1 is 1.43 bits per heavy atom. The molecular formula is C11H20N2S. The van der Waals surface area contributed by atoms with Crippen LogP contribution in [0.4, 0.5) is 0 Å². The van der Waals surface area contributed by atoms with Crippen LogP contribution in [0.1, 0.15) is 38.1 Å². The standard InChI is InChI=1S/C11H20N2S/c1-9(2)4-5-12-8-10(3)11-13-6-7-14-11/h6-7,9-10,12H,4-5,8H2,1-3H3. The Balaban J connectivity index is 2.13. The number of hydrogen-bond donors (Lipinski definition) is 1. The molecule has 1 aromatic rings. The van der Waals surface area contributed by atoms with E-state index >= 15 is 0 Å². The SMILES string of the molecule is CC(C)CCNCC(C)c1nccs1. The molecular weight excluding hydrogens is 192 g/mol. The minimum absolute atomic E-state index is 0.544. The summed E-state index contributed by atoms with van der Waals surface area (Å²) in [6.45, 7) is 8.90. The molecule has 1 aromatic heterocycles. The Hall–Kier alpha value is -0.410. The van der Waals surface area contributed by atoms with Gasteiger partial charge in [0.2, 0.25) is 0 Å². The van der Waals surface area contributed by atoms with E-state index in [0.29, 0.717) is 5.92 Å². The summed E-state index contributed by atoms with van der Waals surface area (Å²) in [5.41, 5.74) is 0. The molecule has 80 valence electrons. The minimum atomic E-state index is 0.544. The molecule has 0 aromatic carbocycles. The number of nitrogens with one attached hydrogen (secondary N) is 1. The average Bonchev–Trinajstić information content (AvgIpc) is 2.64. The smallest absolute Gasteiger partial charge is 0.0965 e. The molecule has 1 heterocycles. The summed E-state index contributed by atoms with van der Waals surface area (Å²) >= 11 is 1.74. The minimum Gasteiger partial charge on any atom is -0.316 e. The Labute approximate surface area is 90.8 Å². The summed E-state index contributed by atoms with van der Waals surface area (Å²) in [5.74, 6) is 1.33. The van der Waals surface area contributed by atoms with Crippen LogP contribution in [0.15, 0.2) is 11.6 Å². The molecule has 1 N–H and O–H groups in total. The van der Waals surface area contributed by atoms with Crippen LogP contribution in [0, 0.1) is 5.92 Å². The van der Waals surface area contributed by atoms with Crippen molar-refractivity contribution in [3.8, 4) is 0 Å². The van der Waals surface area contributed by atoms with E-state index in [1.807, 2.05) is 11.6 Å². The fourth-order valence-electron chi connectivity index (χ4n) is 1.27. The topological polar surface area (TPSA) is 24.9 Å². The number of nitrogens with zero attached hydrogens (tertiary/aromatic N) is 1. The Bertz CT molecular complexity index is 231. The molecule has 0 aliphatic heterocycles. The van der Waals surface area contributed by atoms with Gasteiger partial charge >= 0.3 is 0 Å². The van der Waals surface area contributed by atoms with Crippen LogP contribution < -0.4 is 5.32 Å². The lowest BCUT2D eigenvalue weighted by Crippen LogP contribution is -2.22. The lowest BCUT2D eigenvalue weighted by molar-refractivity contribution is 0.521. The zero-order valence-corrected chi connectivity index (χ0v) is 10.1. The first kappa shape index (κ1) is 11.7. The quantitative estimate of drug-likeness (QED) is 0.733. The summed E-state index contributed by atoms with van der Waals surface area (Å²) in [5, 5.41) is 6.75. The van der Waals surface area contributed by atoms with Gasteiger partial charge in [-0.15, -0.1) is 11.3 Å². The molecule has 1 unspecified atom stereocenters. The van der Waals surface area contributed by atoms with Crippen molar-refractivity contribution in [3.05, 3.63) is 16.6 Å². The molecule has 14 heavy (non-hydrogen) atoms. The molecule has 0 bridgehead atoms. The van der Waals surface area contributed by atoms with Crippen molar-refractivity contribution in [2.75, 3.05) is 13.1 Å². The van der Waals surface area contributed by atoms with Crippen molar-refractivity contribution in [1.29, 1.82) is 0 Å². The van der Waals surface area contributed by atoms with Crippen LogP contribution in [-0.4, -0.2) is 18.1 Å². The predicted molar refractivity (Wildman–Crippen MR) is 62.9 cm³/mol. The molecule has 0 aliphatic carbocycles. The van der Waals surface area contributed by atoms with Gasteiger partial charge in [0.05, 0.1) is 5.01 Å². The molecule has 3 heteroatoms. The van der Waals surface area contributed by atoms with Crippen molar-refractivity contribution in [2.24, 2.45) is 5.92 Å². The summed E-state index contributed by atoms with van der Waals surface area (Å²) in [7, 11) is 0. The number of thiazole rings is 1. The van der Waals surface area contributed by atoms with Gasteiger partial charge in [-0.3, -0.25) is 0 Å². The van der Waals surface area contributed by atoms with Gasteiger partial charge in [-0.05, 0) is 18.9 Å². The van der Waals surface area contributed by atoms with Crippen LogP contribution in [0.2, 0.25) is 0 Å². The van der Waals surface area contributed by atoms with E-state index in [0.717, 1.165) is 19.0 Å². The monoisotopic (exact) mass is 212 g/mol. The van der Waals surface area contributed by atoms with E-state index < -0.39 is 0 Å². The third-order valence-corrected chi connectivity index (χ3v) is 3.23. The van der Waals surface area contributed by atoms with Gasteiger partial charge < -0.3 is 5.32 Å². The highest BCUT2D eigenvalue weighted by Gasteiger charge is 2.06. The number of hydrogen-bond acceptors (Lipinski definition) is 3. The van der Waals surface area contributed by atoms with Crippen LogP contribution in [-0.2, 0) is 0 Å². The van der Waals surface area contributed by atoms with E-state index in [1.165, 1.54) is 11.4 Å². The molecule has 0 aliphatic rings. The predicted octanol–water partition coefficient (Wildman–Crippen LogP) is 2.88. The second-order valence-corrected chi connectivity index (χ2v) is 5.08. The largest absolute Gasteiger partial charge is 0.316 e. The first-order chi connectivity index (χ1) is 6.70. The van der Waals surface area contributed by atoms with Gasteiger partial charge in [0.1, 0.15) is 0 Å². The van der Waals surface area contributed by atoms with Gasteiger partial charge in [-0.1, -0.05) is 20.8 Å². The second kappa shape index (κ2) is 6.14. The van der Waals surface area contributed by atoms with Gasteiger partial charge in [0.25, 0.3) is 0 Å². The third-order valence-electron chi connectivity index (χ3n) is 2.22. The summed E-state index contributed by atoms with van der Waals surface area (Å²) < 4.78 is 0. The molecule has 0 fully saturated rings. The van der Waals surface area contributed by atoms with E-state index in [-0.39, 0.29) is 0 Å². The highest BCUT2D eigenvalue weighted by Crippen LogP contribution is 2.16. The maximum absolute atomic E-state index is 4.31. The fraction of sp³-hybridized carbons (Fsp3) is 0.727. The van der Waals surface area contributed by atoms with E-state index in [9.17, 15) is 0 Å². The van der Waals surface area contributed by atoms with E-state index in [4.69, 9.17) is 0 Å². The average molecular weight is 212 g/mol. The molecule has 2 nitrogen and oxygen atoms in total. The van der Waals surface area contributed by atoms with Crippen LogP contribution in [0.3, 0.4) is 0 Å². The molecule has 0 amide bonds. The summed E-state index contributed by atoms with van der Waals surface area (Å²) in [4.78, 5) is 4.31. The van der Waals surface area contributed by atoms with Gasteiger partial charge in [0.15, 0.2) is 0 Å². The lowest BCUT2D eigenvalue weighted by Gasteiger charge is -2.10. The first-order valence-electron chi connectivity index (χ1n) is 5.30.